The number of hydrogen-bond donors (Lipinski definition) is 1. The Balaban J connectivity index is 1.25. The number of amides is 1. The van der Waals surface area contributed by atoms with Gasteiger partial charge in [-0.2, -0.15) is 0 Å². The summed E-state index contributed by atoms with van der Waals surface area (Å²) in [5.74, 6) is 1.80. The lowest BCUT2D eigenvalue weighted by atomic mass is 9.75. The molecule has 1 amide bonds. The molecular formula is C36H38N6O3. The molecule has 9 nitrogen and oxygen atoms in total. The summed E-state index contributed by atoms with van der Waals surface area (Å²) in [7, 11) is 5.66. The zero-order chi connectivity index (χ0) is 31.3. The van der Waals surface area contributed by atoms with Crippen LogP contribution in [0.25, 0.3) is 39.4 Å². The van der Waals surface area contributed by atoms with Crippen LogP contribution < -0.4 is 10.1 Å². The van der Waals surface area contributed by atoms with Crippen molar-refractivity contribution in [2.75, 3.05) is 7.11 Å². The topological polar surface area (TPSA) is 104 Å². The van der Waals surface area contributed by atoms with E-state index < -0.39 is 5.54 Å². The molecule has 0 unspecified atom stereocenters. The summed E-state index contributed by atoms with van der Waals surface area (Å²) in [6.45, 7) is 1.52. The van der Waals surface area contributed by atoms with E-state index in [4.69, 9.17) is 9.72 Å². The number of hydrogen-bond acceptors (Lipinski definition) is 6. The molecular weight excluding hydrogens is 564 g/mol. The fourth-order valence-electron chi connectivity index (χ4n) is 7.37. The highest BCUT2D eigenvalue weighted by molar-refractivity contribution is 6.01. The number of ketones is 1. The van der Waals surface area contributed by atoms with Gasteiger partial charge >= 0.3 is 0 Å². The van der Waals surface area contributed by atoms with Crippen molar-refractivity contribution in [2.45, 2.75) is 63.3 Å². The highest BCUT2D eigenvalue weighted by Crippen LogP contribution is 2.45. The Morgan fingerprint density at radius 1 is 1.02 bits per heavy atom. The summed E-state index contributed by atoms with van der Waals surface area (Å²) in [5.41, 5.74) is 6.81. The van der Waals surface area contributed by atoms with Gasteiger partial charge in [0.15, 0.2) is 5.78 Å². The molecule has 2 aromatic carbocycles. The number of aryl methyl sites for hydroxylation is 2. The first-order valence-corrected chi connectivity index (χ1v) is 15.7. The quantitative estimate of drug-likeness (QED) is 0.201. The molecule has 0 saturated heterocycles. The molecule has 2 saturated carbocycles. The van der Waals surface area contributed by atoms with E-state index in [1.54, 1.807) is 25.6 Å². The number of carbonyl (C=O) groups excluding carboxylic acids is 2. The normalized spacial score (nSPS) is 16.4. The Bertz CT molecular complexity index is 1980. The van der Waals surface area contributed by atoms with E-state index in [9.17, 15) is 9.59 Å². The maximum atomic E-state index is 14.0. The third-order valence-electron chi connectivity index (χ3n) is 9.79. The number of rotatable bonds is 8. The third kappa shape index (κ3) is 4.90. The number of nitrogens with zero attached hydrogens (tertiary/aromatic N) is 5. The van der Waals surface area contributed by atoms with Gasteiger partial charge in [0.1, 0.15) is 17.3 Å². The standard InChI is InChI=1S/C36H38N6O3/c1-22(43)10-11-24-18-27-30(20-31(24)45-4)42(3)35(39-27)36(14-7-15-36)40-34(44)25-12-13-26-29(19-25)41(2)33(28-21-37-16-17-38-28)32(26)23-8-5-6-9-23/h10-13,16-21,23H,5-9,14-15H2,1-4H3,(H,40,44)/b11-10+. The van der Waals surface area contributed by atoms with Crippen molar-refractivity contribution in [1.29, 1.82) is 0 Å². The van der Waals surface area contributed by atoms with Crippen molar-refractivity contribution in [3.63, 3.8) is 0 Å². The Morgan fingerprint density at radius 2 is 1.82 bits per heavy atom. The molecule has 2 aliphatic carbocycles. The molecule has 0 aliphatic heterocycles. The second-order valence-corrected chi connectivity index (χ2v) is 12.5. The monoisotopic (exact) mass is 602 g/mol. The minimum Gasteiger partial charge on any atom is -0.496 e. The second-order valence-electron chi connectivity index (χ2n) is 12.5. The van der Waals surface area contributed by atoms with Crippen LogP contribution in [0.1, 0.15) is 85.1 Å². The van der Waals surface area contributed by atoms with Crippen LogP contribution in [0.15, 0.2) is 55.0 Å². The molecule has 3 heterocycles. The first-order chi connectivity index (χ1) is 21.8. The van der Waals surface area contributed by atoms with Gasteiger partial charge in [-0.1, -0.05) is 18.9 Å². The van der Waals surface area contributed by atoms with Gasteiger partial charge < -0.3 is 19.2 Å². The number of methoxy groups -OCH3 is 1. The predicted octanol–water partition coefficient (Wildman–Crippen LogP) is 6.60. The van der Waals surface area contributed by atoms with E-state index in [2.05, 4.69) is 37.5 Å². The largest absolute Gasteiger partial charge is 0.496 e. The Hall–Kier alpha value is -4.79. The molecule has 3 aromatic heterocycles. The molecule has 0 radical (unpaired) electrons. The highest BCUT2D eigenvalue weighted by Gasteiger charge is 2.44. The number of allylic oxidation sites excluding steroid dienone is 1. The van der Waals surface area contributed by atoms with Gasteiger partial charge in [-0.15, -0.1) is 0 Å². The fourth-order valence-corrected chi connectivity index (χ4v) is 7.37. The molecule has 5 aromatic rings. The van der Waals surface area contributed by atoms with Crippen LogP contribution in [0, 0.1) is 0 Å². The van der Waals surface area contributed by atoms with Gasteiger partial charge in [-0.25, -0.2) is 4.98 Å². The van der Waals surface area contributed by atoms with Gasteiger partial charge in [-0.05, 0) is 80.9 Å². The number of ether oxygens (including phenoxy) is 1. The summed E-state index contributed by atoms with van der Waals surface area (Å²) in [6.07, 6.45) is 15.9. The average molecular weight is 603 g/mol. The SMILES string of the molecule is COc1cc2c(cc1/C=C/C(C)=O)nc(C1(NC(=O)c3ccc4c(C5CCCC5)c(-c5cnccn5)n(C)c4c3)CCC1)n2C. The van der Waals surface area contributed by atoms with E-state index in [1.807, 2.05) is 37.5 Å². The summed E-state index contributed by atoms with van der Waals surface area (Å²) < 4.78 is 9.86. The van der Waals surface area contributed by atoms with Gasteiger partial charge in [-0.3, -0.25) is 19.6 Å². The van der Waals surface area contributed by atoms with Gasteiger partial charge in [0.25, 0.3) is 5.91 Å². The predicted molar refractivity (Wildman–Crippen MR) is 175 cm³/mol. The van der Waals surface area contributed by atoms with Crippen molar-refractivity contribution < 1.29 is 14.3 Å². The Kier molecular flexibility index (Phi) is 7.26. The van der Waals surface area contributed by atoms with Crippen LogP contribution in [0.2, 0.25) is 0 Å². The Labute approximate surface area is 262 Å². The third-order valence-corrected chi connectivity index (χ3v) is 9.79. The molecule has 0 atom stereocenters. The van der Waals surface area contributed by atoms with Gasteiger partial charge in [0.05, 0.1) is 35.6 Å². The zero-order valence-corrected chi connectivity index (χ0v) is 26.3. The maximum absolute atomic E-state index is 14.0. The average Bonchev–Trinajstić information content (AvgIpc) is 3.74. The molecule has 45 heavy (non-hydrogen) atoms. The van der Waals surface area contributed by atoms with Crippen LogP contribution in [0.4, 0.5) is 0 Å². The minimum atomic E-state index is -0.573. The summed E-state index contributed by atoms with van der Waals surface area (Å²) in [5, 5.41) is 4.58. The molecule has 2 fully saturated rings. The Morgan fingerprint density at radius 3 is 2.49 bits per heavy atom. The van der Waals surface area contributed by atoms with Crippen molar-refractivity contribution in [3.8, 4) is 17.1 Å². The lowest BCUT2D eigenvalue weighted by molar-refractivity contribution is -0.112. The number of carbonyl (C=O) groups is 2. The van der Waals surface area contributed by atoms with Crippen molar-refractivity contribution in [3.05, 3.63) is 77.5 Å². The van der Waals surface area contributed by atoms with Crippen molar-refractivity contribution in [1.82, 2.24) is 29.4 Å². The van der Waals surface area contributed by atoms with Gasteiger partial charge in [0.2, 0.25) is 0 Å². The van der Waals surface area contributed by atoms with Gasteiger partial charge in [0, 0.05) is 54.6 Å². The highest BCUT2D eigenvalue weighted by atomic mass is 16.5. The van der Waals surface area contributed by atoms with Crippen molar-refractivity contribution >= 4 is 39.7 Å². The number of imidazole rings is 1. The number of fused-ring (bicyclic) bond motifs is 2. The number of nitrogens with one attached hydrogen (secondary N) is 1. The van der Waals surface area contributed by atoms with E-state index in [1.165, 1.54) is 36.8 Å². The lowest BCUT2D eigenvalue weighted by Crippen LogP contribution is -2.52. The van der Waals surface area contributed by atoms with E-state index >= 15 is 0 Å². The molecule has 230 valence electrons. The smallest absolute Gasteiger partial charge is 0.252 e. The van der Waals surface area contributed by atoms with Crippen LogP contribution in [-0.2, 0) is 24.4 Å². The summed E-state index contributed by atoms with van der Waals surface area (Å²) in [4.78, 5) is 39.6. The molecule has 0 spiro atoms. The summed E-state index contributed by atoms with van der Waals surface area (Å²) in [6, 6.07) is 9.97. The first-order valence-electron chi connectivity index (χ1n) is 15.7. The zero-order valence-electron chi connectivity index (χ0n) is 26.3. The maximum Gasteiger partial charge on any atom is 0.252 e. The van der Waals surface area contributed by atoms with Crippen LogP contribution in [0.5, 0.6) is 5.75 Å². The number of benzene rings is 2. The van der Waals surface area contributed by atoms with Crippen molar-refractivity contribution in [2.24, 2.45) is 14.1 Å². The van der Waals surface area contributed by atoms with E-state index in [0.717, 1.165) is 71.4 Å². The van der Waals surface area contributed by atoms with E-state index in [0.29, 0.717) is 17.2 Å². The summed E-state index contributed by atoms with van der Waals surface area (Å²) >= 11 is 0. The van der Waals surface area contributed by atoms with Crippen LogP contribution in [0.3, 0.4) is 0 Å². The number of aromatic nitrogens is 5. The molecule has 7 rings (SSSR count). The molecule has 0 bridgehead atoms. The second kappa shape index (κ2) is 11.3. The molecule has 2 aliphatic rings. The lowest BCUT2D eigenvalue weighted by Gasteiger charge is -2.41. The minimum absolute atomic E-state index is 0.0387. The first kappa shape index (κ1) is 29.0. The molecule has 9 heteroatoms. The molecule has 1 N–H and O–H groups in total. The van der Waals surface area contributed by atoms with E-state index in [-0.39, 0.29) is 11.7 Å². The fraction of sp³-hybridized carbons (Fsp3) is 0.361. The van der Waals surface area contributed by atoms with Crippen LogP contribution in [-0.4, -0.2) is 42.9 Å². The van der Waals surface area contributed by atoms with Crippen LogP contribution >= 0.6 is 0 Å².